The number of hydrogen-bond acceptors (Lipinski definition) is 9. The van der Waals surface area contributed by atoms with Crippen molar-refractivity contribution < 1.29 is 14.9 Å². The Labute approximate surface area is 204 Å². The number of aromatic hydroxyl groups is 1. The van der Waals surface area contributed by atoms with Gasteiger partial charge in [0.05, 0.1) is 29.8 Å². The highest BCUT2D eigenvalue weighted by atomic mass is 32.2. The van der Waals surface area contributed by atoms with Crippen LogP contribution in [0.4, 0.5) is 5.95 Å². The van der Waals surface area contributed by atoms with E-state index in [0.29, 0.717) is 34.5 Å². The van der Waals surface area contributed by atoms with Gasteiger partial charge in [-0.1, -0.05) is 17.9 Å². The number of aliphatic hydroxyl groups excluding tert-OH is 1. The summed E-state index contributed by atoms with van der Waals surface area (Å²) < 4.78 is 12.1. The number of aliphatic hydroxyl groups is 1. The van der Waals surface area contributed by atoms with Gasteiger partial charge >= 0.3 is 0 Å². The summed E-state index contributed by atoms with van der Waals surface area (Å²) in [6, 6.07) is 10.6. The lowest BCUT2D eigenvalue weighted by molar-refractivity contribution is 0.175. The van der Waals surface area contributed by atoms with Crippen molar-refractivity contribution in [1.82, 2.24) is 24.1 Å². The lowest BCUT2D eigenvalue weighted by Crippen LogP contribution is -2.15. The first-order valence-corrected chi connectivity index (χ1v) is 11.5. The molecule has 2 atom stereocenters. The van der Waals surface area contributed by atoms with Crippen LogP contribution in [-0.4, -0.2) is 52.9 Å². The zero-order valence-corrected chi connectivity index (χ0v) is 19.6. The van der Waals surface area contributed by atoms with E-state index in [1.807, 2.05) is 35.7 Å². The molecule has 10 nitrogen and oxygen atoms in total. The molecule has 5 rings (SSSR count). The third-order valence-electron chi connectivity index (χ3n) is 5.34. The van der Waals surface area contributed by atoms with Gasteiger partial charge in [0.1, 0.15) is 28.9 Å². The molecule has 0 bridgehead atoms. The van der Waals surface area contributed by atoms with Gasteiger partial charge in [-0.15, -0.1) is 10.2 Å². The Kier molecular flexibility index (Phi) is 6.13. The van der Waals surface area contributed by atoms with E-state index in [1.165, 1.54) is 25.3 Å². The van der Waals surface area contributed by atoms with Crippen LogP contribution >= 0.6 is 11.9 Å². The second-order valence-electron chi connectivity index (χ2n) is 7.60. The number of para-hydroxylation sites is 1. The average molecular weight is 488 g/mol. The number of phenolic OH excluding ortho intramolecular Hbond substituents is 1. The zero-order chi connectivity index (χ0) is 24.4. The van der Waals surface area contributed by atoms with Crippen molar-refractivity contribution in [3.8, 4) is 17.2 Å². The maximum absolute atomic E-state index is 10.9. The number of fused-ring (bicyclic) bond motifs is 1. The molecule has 0 aliphatic carbocycles. The third-order valence-corrected chi connectivity index (χ3v) is 6.27. The van der Waals surface area contributed by atoms with Crippen molar-refractivity contribution in [2.75, 3.05) is 11.8 Å². The van der Waals surface area contributed by atoms with Crippen molar-refractivity contribution >= 4 is 35.3 Å². The standard InChI is InChI=1S/C24H21N7O3S/c1-15(22(33)17-14-30-12-4-3-10-20(30)26-17)35-29-24-28-27-23(16-7-6-11-25-13-16)31(24)21-18(32)8-5-9-19(21)34-2/h3-5,8-15,22,32-33H,1-2H3,(H,28,29). The molecule has 0 amide bonds. The highest BCUT2D eigenvalue weighted by Crippen LogP contribution is 2.37. The molecular formula is C24H21N7O3S. The van der Waals surface area contributed by atoms with E-state index in [0.717, 1.165) is 5.65 Å². The fourth-order valence-corrected chi connectivity index (χ4v) is 4.28. The summed E-state index contributed by atoms with van der Waals surface area (Å²) in [5.41, 5.74) is 7.97. The highest BCUT2D eigenvalue weighted by molar-refractivity contribution is 8.01. The Morgan fingerprint density at radius 3 is 2.83 bits per heavy atom. The van der Waals surface area contributed by atoms with Crippen LogP contribution in [-0.2, 0) is 0 Å². The van der Waals surface area contributed by atoms with Gasteiger partial charge in [-0.25, -0.2) is 4.98 Å². The SMILES string of the molecule is COc1cccc(O)c1-n1c(NSC(C)C(O)c2cn3ccccc3n2)nnc1C1=C=C=CN=C1. The Bertz CT molecular complexity index is 1490. The number of methoxy groups -OCH3 is 1. The third kappa shape index (κ3) is 4.32. The molecule has 4 aromatic rings. The van der Waals surface area contributed by atoms with Crippen molar-refractivity contribution in [2.45, 2.75) is 18.3 Å². The average Bonchev–Trinajstić information content (AvgIpc) is 3.51. The topological polar surface area (TPSA) is 122 Å². The number of rotatable bonds is 8. The molecule has 3 aromatic heterocycles. The van der Waals surface area contributed by atoms with Gasteiger partial charge in [0.15, 0.2) is 5.82 Å². The Morgan fingerprint density at radius 2 is 2.06 bits per heavy atom. The van der Waals surface area contributed by atoms with Crippen molar-refractivity contribution in [3.63, 3.8) is 0 Å². The Morgan fingerprint density at radius 1 is 1.17 bits per heavy atom. The Hall–Kier alpha value is -4.27. The second-order valence-corrected chi connectivity index (χ2v) is 8.79. The summed E-state index contributed by atoms with van der Waals surface area (Å²) in [5, 5.41) is 29.9. The number of hydrogen-bond donors (Lipinski definition) is 3. The first-order valence-electron chi connectivity index (χ1n) is 10.7. The molecule has 1 aromatic carbocycles. The second kappa shape index (κ2) is 9.54. The number of aromatic nitrogens is 5. The minimum absolute atomic E-state index is 0.0240. The summed E-state index contributed by atoms with van der Waals surface area (Å²) in [6.45, 7) is 1.87. The summed E-state index contributed by atoms with van der Waals surface area (Å²) >= 11 is 1.25. The molecule has 11 heteroatoms. The van der Waals surface area contributed by atoms with Gasteiger partial charge in [0.2, 0.25) is 5.95 Å². The maximum atomic E-state index is 10.9. The van der Waals surface area contributed by atoms with Crippen LogP contribution in [0.3, 0.4) is 0 Å². The number of nitrogens with zero attached hydrogens (tertiary/aromatic N) is 6. The van der Waals surface area contributed by atoms with Crippen LogP contribution < -0.4 is 9.46 Å². The number of imidazole rings is 1. The van der Waals surface area contributed by atoms with Gasteiger partial charge in [0, 0.05) is 18.6 Å². The fraction of sp³-hybridized carbons (Fsp3) is 0.167. The molecular weight excluding hydrogens is 466 g/mol. The van der Waals surface area contributed by atoms with Gasteiger partial charge in [-0.2, -0.15) is 0 Å². The summed E-state index contributed by atoms with van der Waals surface area (Å²) in [5.74, 6) is 1.09. The zero-order valence-electron chi connectivity index (χ0n) is 18.8. The van der Waals surface area contributed by atoms with Crippen molar-refractivity contribution in [3.05, 3.63) is 78.0 Å². The number of aliphatic imine (C=N–C) groups is 1. The first-order chi connectivity index (χ1) is 17.1. The van der Waals surface area contributed by atoms with E-state index in [2.05, 4.69) is 36.4 Å². The summed E-state index contributed by atoms with van der Waals surface area (Å²) in [7, 11) is 1.52. The number of phenols is 1. The van der Waals surface area contributed by atoms with Gasteiger partial charge in [-0.3, -0.25) is 14.3 Å². The van der Waals surface area contributed by atoms with E-state index < -0.39 is 6.10 Å². The minimum Gasteiger partial charge on any atom is -0.506 e. The minimum atomic E-state index is -0.843. The van der Waals surface area contributed by atoms with Crippen LogP contribution in [0.5, 0.6) is 11.5 Å². The number of ether oxygens (including phenoxy) is 1. The molecule has 0 saturated carbocycles. The predicted octanol–water partition coefficient (Wildman–Crippen LogP) is 3.55. The Balaban J connectivity index is 1.47. The number of anilines is 1. The molecule has 3 N–H and O–H groups in total. The van der Waals surface area contributed by atoms with E-state index in [9.17, 15) is 10.2 Å². The van der Waals surface area contributed by atoms with Crippen molar-refractivity contribution in [2.24, 2.45) is 4.99 Å². The maximum Gasteiger partial charge on any atom is 0.239 e. The molecule has 4 heterocycles. The summed E-state index contributed by atoms with van der Waals surface area (Å²) in [4.78, 5) is 8.60. The lowest BCUT2D eigenvalue weighted by atomic mass is 10.2. The highest BCUT2D eigenvalue weighted by Gasteiger charge is 2.25. The number of allylic oxidation sites excluding steroid dienone is 1. The van der Waals surface area contributed by atoms with Crippen LogP contribution in [0.15, 0.2) is 71.4 Å². The first kappa shape index (κ1) is 22.5. The molecule has 35 heavy (non-hydrogen) atoms. The van der Waals surface area contributed by atoms with E-state index in [4.69, 9.17) is 4.74 Å². The lowest BCUT2D eigenvalue weighted by Gasteiger charge is -2.19. The fourth-order valence-electron chi connectivity index (χ4n) is 3.59. The molecule has 0 radical (unpaired) electrons. The van der Waals surface area contributed by atoms with Gasteiger partial charge in [0.25, 0.3) is 0 Å². The molecule has 176 valence electrons. The number of benzene rings is 1. The van der Waals surface area contributed by atoms with Gasteiger partial charge in [-0.05, 0) is 48.9 Å². The molecule has 1 aliphatic rings. The van der Waals surface area contributed by atoms with Crippen LogP contribution in [0.2, 0.25) is 0 Å². The number of pyridine rings is 1. The summed E-state index contributed by atoms with van der Waals surface area (Å²) in [6.07, 6.45) is 5.91. The quantitative estimate of drug-likeness (QED) is 0.255. The monoisotopic (exact) mass is 487 g/mol. The molecule has 0 fully saturated rings. The number of nitrogens with one attached hydrogen (secondary N) is 1. The molecule has 1 aliphatic heterocycles. The molecule has 0 spiro atoms. The van der Waals surface area contributed by atoms with Crippen LogP contribution in [0.25, 0.3) is 16.9 Å². The predicted molar refractivity (Wildman–Crippen MR) is 134 cm³/mol. The normalized spacial score (nSPS) is 14.2. The van der Waals surface area contributed by atoms with E-state index in [1.54, 1.807) is 35.2 Å². The van der Waals surface area contributed by atoms with E-state index >= 15 is 0 Å². The van der Waals surface area contributed by atoms with Crippen molar-refractivity contribution in [1.29, 1.82) is 0 Å². The van der Waals surface area contributed by atoms with Crippen LogP contribution in [0.1, 0.15) is 24.5 Å². The van der Waals surface area contributed by atoms with Crippen LogP contribution in [0, 0.1) is 0 Å². The molecule has 0 saturated heterocycles. The smallest absolute Gasteiger partial charge is 0.239 e. The molecule has 2 unspecified atom stereocenters. The van der Waals surface area contributed by atoms with Gasteiger partial charge < -0.3 is 19.4 Å². The largest absolute Gasteiger partial charge is 0.506 e. The van der Waals surface area contributed by atoms with E-state index in [-0.39, 0.29) is 11.0 Å².